The van der Waals surface area contributed by atoms with Crippen molar-refractivity contribution in [2.45, 2.75) is 19.6 Å². The van der Waals surface area contributed by atoms with Crippen LogP contribution in [-0.4, -0.2) is 0 Å². The number of fused-ring (bicyclic) bond motifs is 4. The third-order valence-corrected chi connectivity index (χ3v) is 7.28. The summed E-state index contributed by atoms with van der Waals surface area (Å²) in [7, 11) is 0. The van der Waals surface area contributed by atoms with Gasteiger partial charge < -0.3 is 10.6 Å². The maximum Gasteiger partial charge on any atom is 0.110 e. The molecule has 2 aliphatic heterocycles. The van der Waals surface area contributed by atoms with E-state index < -0.39 is 0 Å². The van der Waals surface area contributed by atoms with Crippen molar-refractivity contribution in [1.82, 2.24) is 0 Å². The van der Waals surface area contributed by atoms with Gasteiger partial charge in [-0.15, -0.1) is 10.2 Å². The van der Waals surface area contributed by atoms with Crippen molar-refractivity contribution >= 4 is 57.6 Å². The zero-order chi connectivity index (χ0) is 19.9. The summed E-state index contributed by atoms with van der Waals surface area (Å²) in [6, 6.07) is 28.9. The third-order valence-electron chi connectivity index (χ3n) is 5.01. The van der Waals surface area contributed by atoms with Crippen molar-refractivity contribution in [3.8, 4) is 0 Å². The van der Waals surface area contributed by atoms with E-state index in [1.54, 1.807) is 23.5 Å². The van der Waals surface area contributed by atoms with E-state index >= 15 is 0 Å². The molecule has 2 aliphatic rings. The first kappa shape index (κ1) is 17.6. The van der Waals surface area contributed by atoms with Crippen LogP contribution in [0.4, 0.5) is 34.1 Å². The van der Waals surface area contributed by atoms with Gasteiger partial charge in [0.25, 0.3) is 0 Å². The molecule has 30 heavy (non-hydrogen) atoms. The first-order valence-corrected chi connectivity index (χ1v) is 11.2. The molecule has 6 heteroatoms. The Morgan fingerprint density at radius 2 is 0.900 bits per heavy atom. The molecule has 0 amide bonds. The SMILES string of the molecule is c1ccc2c(c1)Nc1c(N=Nc3cccc4c3Nc3ccccc3S4)cccc1S2. The molecule has 0 bridgehead atoms. The van der Waals surface area contributed by atoms with Gasteiger partial charge in [0.05, 0.1) is 22.7 Å². The van der Waals surface area contributed by atoms with E-state index in [1.165, 1.54) is 9.79 Å². The Balaban J connectivity index is 1.36. The van der Waals surface area contributed by atoms with Crippen LogP contribution in [0, 0.1) is 0 Å². The van der Waals surface area contributed by atoms with Crippen LogP contribution in [0.5, 0.6) is 0 Å². The summed E-state index contributed by atoms with van der Waals surface area (Å²) in [5.74, 6) is 0. The van der Waals surface area contributed by atoms with E-state index in [0.717, 1.165) is 43.9 Å². The van der Waals surface area contributed by atoms with Gasteiger partial charge in [-0.25, -0.2) is 0 Å². The second kappa shape index (κ2) is 7.23. The number of anilines is 4. The molecule has 0 unspecified atom stereocenters. The predicted octanol–water partition coefficient (Wildman–Crippen LogP) is 8.52. The zero-order valence-electron chi connectivity index (χ0n) is 15.8. The summed E-state index contributed by atoms with van der Waals surface area (Å²) in [6.45, 7) is 0. The van der Waals surface area contributed by atoms with E-state index in [9.17, 15) is 0 Å². The summed E-state index contributed by atoms with van der Waals surface area (Å²) in [6.07, 6.45) is 0. The summed E-state index contributed by atoms with van der Waals surface area (Å²) >= 11 is 3.51. The summed E-state index contributed by atoms with van der Waals surface area (Å²) in [4.78, 5) is 4.75. The molecule has 144 valence electrons. The van der Waals surface area contributed by atoms with Gasteiger partial charge in [-0.3, -0.25) is 0 Å². The minimum atomic E-state index is 0.830. The largest absolute Gasteiger partial charge is 0.352 e. The highest BCUT2D eigenvalue weighted by molar-refractivity contribution is 8.00. The monoisotopic (exact) mass is 424 g/mol. The second-order valence-corrected chi connectivity index (χ2v) is 9.11. The lowest BCUT2D eigenvalue weighted by molar-refractivity contribution is 1.19. The average molecular weight is 425 g/mol. The Hall–Kier alpha value is -3.22. The minimum absolute atomic E-state index is 0.830. The molecule has 0 atom stereocenters. The molecule has 4 nitrogen and oxygen atoms in total. The Morgan fingerprint density at radius 1 is 0.467 bits per heavy atom. The Bertz CT molecular complexity index is 1220. The first-order chi connectivity index (χ1) is 14.8. The van der Waals surface area contributed by atoms with Crippen LogP contribution in [-0.2, 0) is 0 Å². The van der Waals surface area contributed by atoms with Crippen LogP contribution in [0.2, 0.25) is 0 Å². The lowest BCUT2D eigenvalue weighted by Gasteiger charge is -2.22. The molecule has 2 heterocycles. The van der Waals surface area contributed by atoms with Gasteiger partial charge in [0.15, 0.2) is 0 Å². The third kappa shape index (κ3) is 3.05. The molecule has 4 aromatic rings. The van der Waals surface area contributed by atoms with E-state index in [2.05, 4.69) is 69.4 Å². The quantitative estimate of drug-likeness (QED) is 0.273. The van der Waals surface area contributed by atoms with Crippen molar-refractivity contribution < 1.29 is 0 Å². The molecule has 4 aromatic carbocycles. The molecule has 0 radical (unpaired) electrons. The number of nitrogens with zero attached hydrogens (tertiary/aromatic N) is 2. The predicted molar refractivity (Wildman–Crippen MR) is 125 cm³/mol. The maximum absolute atomic E-state index is 4.63. The van der Waals surface area contributed by atoms with Gasteiger partial charge in [-0.05, 0) is 48.5 Å². The van der Waals surface area contributed by atoms with Crippen LogP contribution in [0.15, 0.2) is 115 Å². The molecular weight excluding hydrogens is 408 g/mol. The minimum Gasteiger partial charge on any atom is -0.352 e. The van der Waals surface area contributed by atoms with Crippen molar-refractivity contribution in [2.24, 2.45) is 10.2 Å². The second-order valence-electron chi connectivity index (χ2n) is 6.95. The summed E-state index contributed by atoms with van der Waals surface area (Å²) in [5.41, 5.74) is 5.87. The molecule has 0 aliphatic carbocycles. The molecule has 2 N–H and O–H groups in total. The van der Waals surface area contributed by atoms with Crippen molar-refractivity contribution in [1.29, 1.82) is 0 Å². The molecular formula is C24H16N4S2. The van der Waals surface area contributed by atoms with Gasteiger partial charge in [0.1, 0.15) is 11.4 Å². The Kier molecular flexibility index (Phi) is 4.25. The fraction of sp³-hybridized carbons (Fsp3) is 0. The van der Waals surface area contributed by atoms with E-state index in [1.807, 2.05) is 36.4 Å². The molecule has 0 saturated carbocycles. The van der Waals surface area contributed by atoms with E-state index in [4.69, 9.17) is 0 Å². The van der Waals surface area contributed by atoms with Crippen LogP contribution < -0.4 is 10.6 Å². The number of nitrogens with one attached hydrogen (secondary N) is 2. The van der Waals surface area contributed by atoms with Crippen molar-refractivity contribution in [3.63, 3.8) is 0 Å². The number of azo groups is 1. The summed E-state index contributed by atoms with van der Waals surface area (Å²) in [5, 5.41) is 16.3. The fourth-order valence-electron chi connectivity index (χ4n) is 3.56. The maximum atomic E-state index is 4.63. The molecule has 0 saturated heterocycles. The molecule has 0 aromatic heterocycles. The number of para-hydroxylation sites is 4. The highest BCUT2D eigenvalue weighted by atomic mass is 32.2. The van der Waals surface area contributed by atoms with Crippen LogP contribution in [0.1, 0.15) is 0 Å². The topological polar surface area (TPSA) is 48.8 Å². The first-order valence-electron chi connectivity index (χ1n) is 9.61. The van der Waals surface area contributed by atoms with Gasteiger partial charge in [-0.2, -0.15) is 0 Å². The standard InChI is InChI=1S/C24H16N4S2/c1-3-11-19-15(7-1)25-23-17(9-5-13-21(23)29-19)27-28-18-10-6-14-22-24(18)26-16-8-2-4-12-20(16)30-22/h1-14,25-26H. The highest BCUT2D eigenvalue weighted by Crippen LogP contribution is 2.50. The number of benzene rings is 4. The Labute approximate surface area is 182 Å². The lowest BCUT2D eigenvalue weighted by Crippen LogP contribution is -2.00. The average Bonchev–Trinajstić information content (AvgIpc) is 2.80. The lowest BCUT2D eigenvalue weighted by atomic mass is 10.2. The van der Waals surface area contributed by atoms with Crippen molar-refractivity contribution in [2.75, 3.05) is 10.6 Å². The van der Waals surface area contributed by atoms with Crippen LogP contribution >= 0.6 is 23.5 Å². The number of rotatable bonds is 2. The zero-order valence-corrected chi connectivity index (χ0v) is 17.4. The molecule has 0 fully saturated rings. The van der Waals surface area contributed by atoms with E-state index in [0.29, 0.717) is 0 Å². The van der Waals surface area contributed by atoms with Crippen molar-refractivity contribution in [3.05, 3.63) is 84.9 Å². The van der Waals surface area contributed by atoms with Crippen LogP contribution in [0.25, 0.3) is 0 Å². The summed E-state index contributed by atoms with van der Waals surface area (Å²) < 4.78 is 0. The van der Waals surface area contributed by atoms with E-state index in [-0.39, 0.29) is 0 Å². The fourth-order valence-corrected chi connectivity index (χ4v) is 5.59. The van der Waals surface area contributed by atoms with Gasteiger partial charge >= 0.3 is 0 Å². The number of hydrogen-bond donors (Lipinski definition) is 2. The van der Waals surface area contributed by atoms with Crippen LogP contribution in [0.3, 0.4) is 0 Å². The molecule has 0 spiro atoms. The molecule has 6 rings (SSSR count). The normalized spacial score (nSPS) is 13.5. The smallest absolute Gasteiger partial charge is 0.110 e. The Morgan fingerprint density at radius 3 is 1.40 bits per heavy atom. The van der Waals surface area contributed by atoms with Gasteiger partial charge in [0.2, 0.25) is 0 Å². The van der Waals surface area contributed by atoms with Gasteiger partial charge in [-0.1, -0.05) is 59.9 Å². The van der Waals surface area contributed by atoms with Gasteiger partial charge in [0, 0.05) is 19.6 Å². The highest BCUT2D eigenvalue weighted by Gasteiger charge is 2.20. The number of hydrogen-bond acceptors (Lipinski definition) is 6.